The number of nitrogens with zero attached hydrogens (tertiary/aromatic N) is 4. The highest BCUT2D eigenvalue weighted by molar-refractivity contribution is 6.15. The van der Waals surface area contributed by atoms with Gasteiger partial charge >= 0.3 is 0 Å². The minimum Gasteiger partial charge on any atom is -0.315 e. The van der Waals surface area contributed by atoms with Crippen LogP contribution < -0.4 is 0 Å². The maximum absolute atomic E-state index is 13.5. The molecular weight excluding hydrogens is 384 g/mol. The van der Waals surface area contributed by atoms with Crippen LogP contribution >= 0.6 is 0 Å². The number of para-hydroxylation sites is 1. The Labute approximate surface area is 181 Å². The van der Waals surface area contributed by atoms with Crippen LogP contribution in [0.25, 0.3) is 16.4 Å². The fourth-order valence-corrected chi connectivity index (χ4v) is 4.41. The Morgan fingerprint density at radius 2 is 1.74 bits per heavy atom. The lowest BCUT2D eigenvalue weighted by molar-refractivity contribution is 0.104. The molecule has 0 N–H and O–H groups in total. The lowest BCUT2D eigenvalue weighted by Gasteiger charge is -2.32. The summed E-state index contributed by atoms with van der Waals surface area (Å²) < 4.78 is 1.95. The number of pyridine rings is 1. The SMILES string of the molecule is CN1CCN(Cc2ccc(C(=O)c3cc4ccccc4n4ccc(C#N)c34)cc2)CC1. The monoisotopic (exact) mass is 408 g/mol. The largest absolute Gasteiger partial charge is 0.315 e. The molecule has 5 rings (SSSR count). The molecule has 0 saturated carbocycles. The Kier molecular flexibility index (Phi) is 5.03. The maximum atomic E-state index is 13.5. The van der Waals surface area contributed by atoms with Crippen molar-refractivity contribution in [2.24, 2.45) is 0 Å². The smallest absolute Gasteiger partial charge is 0.195 e. The maximum Gasteiger partial charge on any atom is 0.195 e. The van der Waals surface area contributed by atoms with E-state index in [0.717, 1.165) is 43.6 Å². The van der Waals surface area contributed by atoms with Gasteiger partial charge in [0.25, 0.3) is 0 Å². The topological polar surface area (TPSA) is 51.8 Å². The second-order valence-corrected chi connectivity index (χ2v) is 8.28. The van der Waals surface area contributed by atoms with Crippen LogP contribution in [0, 0.1) is 11.3 Å². The number of carbonyl (C=O) groups is 1. The summed E-state index contributed by atoms with van der Waals surface area (Å²) >= 11 is 0. The molecule has 0 radical (unpaired) electrons. The van der Waals surface area contributed by atoms with Gasteiger partial charge in [-0.25, -0.2) is 0 Å². The zero-order chi connectivity index (χ0) is 21.4. The van der Waals surface area contributed by atoms with Gasteiger partial charge in [0, 0.05) is 50.0 Å². The molecule has 0 bridgehead atoms. The van der Waals surface area contributed by atoms with E-state index >= 15 is 0 Å². The summed E-state index contributed by atoms with van der Waals surface area (Å²) in [5.74, 6) is -0.0582. The molecule has 1 aliphatic rings. The number of ketones is 1. The van der Waals surface area contributed by atoms with Crippen LogP contribution in [-0.2, 0) is 6.54 Å². The van der Waals surface area contributed by atoms with Crippen molar-refractivity contribution in [2.75, 3.05) is 33.2 Å². The number of hydrogen-bond acceptors (Lipinski definition) is 4. The van der Waals surface area contributed by atoms with E-state index in [0.29, 0.717) is 22.2 Å². The molecule has 2 aromatic carbocycles. The van der Waals surface area contributed by atoms with E-state index in [1.54, 1.807) is 6.07 Å². The van der Waals surface area contributed by atoms with Crippen molar-refractivity contribution in [3.8, 4) is 6.07 Å². The van der Waals surface area contributed by atoms with Gasteiger partial charge in [0.05, 0.1) is 16.6 Å². The third kappa shape index (κ3) is 3.61. The van der Waals surface area contributed by atoms with E-state index < -0.39 is 0 Å². The van der Waals surface area contributed by atoms with Crippen molar-refractivity contribution < 1.29 is 4.79 Å². The van der Waals surface area contributed by atoms with Crippen LogP contribution in [0.4, 0.5) is 0 Å². The zero-order valence-electron chi connectivity index (χ0n) is 17.6. The summed E-state index contributed by atoms with van der Waals surface area (Å²) in [6.07, 6.45) is 1.87. The number of benzene rings is 2. The summed E-state index contributed by atoms with van der Waals surface area (Å²) in [6, 6.07) is 21.8. The number of carbonyl (C=O) groups excluding carboxylic acids is 1. The molecule has 0 amide bonds. The number of hydrogen-bond donors (Lipinski definition) is 0. The lowest BCUT2D eigenvalue weighted by Crippen LogP contribution is -2.43. The highest BCUT2D eigenvalue weighted by atomic mass is 16.1. The first-order valence-corrected chi connectivity index (χ1v) is 10.6. The van der Waals surface area contributed by atoms with Crippen molar-refractivity contribution in [1.82, 2.24) is 14.2 Å². The Bertz CT molecular complexity index is 1310. The number of aromatic nitrogens is 1. The third-order valence-corrected chi connectivity index (χ3v) is 6.22. The van der Waals surface area contributed by atoms with Crippen molar-refractivity contribution >= 4 is 22.2 Å². The predicted octanol–water partition coefficient (Wildman–Crippen LogP) is 3.94. The highest BCUT2D eigenvalue weighted by Crippen LogP contribution is 2.27. The number of rotatable bonds is 4. The van der Waals surface area contributed by atoms with Crippen molar-refractivity contribution in [3.63, 3.8) is 0 Å². The van der Waals surface area contributed by atoms with E-state index in [4.69, 9.17) is 0 Å². The highest BCUT2D eigenvalue weighted by Gasteiger charge is 2.19. The molecule has 5 heteroatoms. The van der Waals surface area contributed by atoms with Crippen LogP contribution in [-0.4, -0.2) is 53.2 Å². The summed E-state index contributed by atoms with van der Waals surface area (Å²) in [4.78, 5) is 18.3. The van der Waals surface area contributed by atoms with Crippen LogP contribution in [0.3, 0.4) is 0 Å². The molecule has 5 nitrogen and oxygen atoms in total. The van der Waals surface area contributed by atoms with Gasteiger partial charge < -0.3 is 9.30 Å². The molecule has 3 heterocycles. The fourth-order valence-electron chi connectivity index (χ4n) is 4.41. The van der Waals surface area contributed by atoms with E-state index in [1.807, 2.05) is 65.2 Å². The molecule has 154 valence electrons. The molecule has 1 aliphatic heterocycles. The number of fused-ring (bicyclic) bond motifs is 3. The third-order valence-electron chi connectivity index (χ3n) is 6.22. The second-order valence-electron chi connectivity index (χ2n) is 8.28. The van der Waals surface area contributed by atoms with E-state index in [1.165, 1.54) is 5.56 Å². The number of piperazine rings is 1. The average Bonchev–Trinajstić information content (AvgIpc) is 3.25. The van der Waals surface area contributed by atoms with Gasteiger partial charge in [-0.2, -0.15) is 5.26 Å². The molecule has 4 aromatic rings. The molecular formula is C26H24N4O. The van der Waals surface area contributed by atoms with Gasteiger partial charge in [0.15, 0.2) is 5.78 Å². The summed E-state index contributed by atoms with van der Waals surface area (Å²) in [6.45, 7) is 5.22. The minimum atomic E-state index is -0.0582. The minimum absolute atomic E-state index is 0.0582. The first-order valence-electron chi connectivity index (χ1n) is 10.6. The predicted molar refractivity (Wildman–Crippen MR) is 122 cm³/mol. The van der Waals surface area contributed by atoms with Crippen LogP contribution in [0.1, 0.15) is 27.0 Å². The second kappa shape index (κ2) is 7.99. The van der Waals surface area contributed by atoms with Crippen molar-refractivity contribution in [3.05, 3.63) is 89.1 Å². The Morgan fingerprint density at radius 3 is 2.48 bits per heavy atom. The van der Waals surface area contributed by atoms with Crippen LogP contribution in [0.5, 0.6) is 0 Å². The molecule has 1 saturated heterocycles. The van der Waals surface area contributed by atoms with Gasteiger partial charge in [0.1, 0.15) is 6.07 Å². The zero-order valence-corrected chi connectivity index (χ0v) is 17.6. The molecule has 0 atom stereocenters. The van der Waals surface area contributed by atoms with Crippen LogP contribution in [0.15, 0.2) is 66.9 Å². The normalized spacial score (nSPS) is 15.4. The van der Waals surface area contributed by atoms with Crippen molar-refractivity contribution in [1.29, 1.82) is 5.26 Å². The Morgan fingerprint density at radius 1 is 1.00 bits per heavy atom. The molecule has 1 fully saturated rings. The van der Waals surface area contributed by atoms with Gasteiger partial charge in [-0.1, -0.05) is 42.5 Å². The van der Waals surface area contributed by atoms with Crippen molar-refractivity contribution in [2.45, 2.75) is 6.54 Å². The summed E-state index contributed by atoms with van der Waals surface area (Å²) in [7, 11) is 2.16. The quantitative estimate of drug-likeness (QED) is 0.480. The lowest BCUT2D eigenvalue weighted by atomic mass is 9.99. The van der Waals surface area contributed by atoms with Gasteiger partial charge in [-0.05, 0) is 36.2 Å². The Hall–Kier alpha value is -3.46. The molecule has 2 aromatic heterocycles. The average molecular weight is 409 g/mol. The molecule has 0 aliphatic carbocycles. The molecule has 0 spiro atoms. The number of nitriles is 1. The van der Waals surface area contributed by atoms with Gasteiger partial charge in [0.2, 0.25) is 0 Å². The van der Waals surface area contributed by atoms with Gasteiger partial charge in [-0.3, -0.25) is 9.69 Å². The Balaban J connectivity index is 1.48. The van der Waals surface area contributed by atoms with E-state index in [-0.39, 0.29) is 5.78 Å². The van der Waals surface area contributed by atoms with E-state index in [2.05, 4.69) is 22.9 Å². The summed E-state index contributed by atoms with van der Waals surface area (Å²) in [5, 5.41) is 10.6. The standard InChI is InChI=1S/C26H24N4O/c1-28-12-14-29(15-13-28)18-19-6-8-20(9-7-19)26(31)23-16-21-4-2-3-5-24(21)30-11-10-22(17-27)25(23)30/h2-11,16H,12-15,18H2,1H3. The molecule has 31 heavy (non-hydrogen) atoms. The number of likely N-dealkylation sites (N-methyl/N-ethyl adjacent to an activating group) is 1. The molecule has 0 unspecified atom stereocenters. The summed E-state index contributed by atoms with van der Waals surface area (Å²) in [5.41, 5.74) is 4.59. The van der Waals surface area contributed by atoms with Gasteiger partial charge in [-0.15, -0.1) is 0 Å². The first kappa shape index (κ1) is 19.5. The van der Waals surface area contributed by atoms with E-state index in [9.17, 15) is 10.1 Å². The van der Waals surface area contributed by atoms with Crippen LogP contribution in [0.2, 0.25) is 0 Å². The first-order chi connectivity index (χ1) is 15.1. The fraction of sp³-hybridized carbons (Fsp3) is 0.231.